The molecule has 0 aliphatic heterocycles. The van der Waals surface area contributed by atoms with Crippen LogP contribution < -0.4 is 10.6 Å². The Morgan fingerprint density at radius 1 is 1.12 bits per heavy atom. The average Bonchev–Trinajstić information content (AvgIpc) is 2.20. The maximum Gasteiger partial charge on any atom is 0.309 e. The molecular weight excluding hydrogens is 204 g/mol. The molecule has 4 nitrogen and oxygen atoms in total. The van der Waals surface area contributed by atoms with Crippen molar-refractivity contribution in [2.45, 2.75) is 58.5 Å². The molecule has 0 bridgehead atoms. The lowest BCUT2D eigenvalue weighted by molar-refractivity contribution is -0.140. The fraction of sp³-hybridized carbons (Fsp3) is 0.833. The molecule has 1 rings (SSSR count). The third kappa shape index (κ3) is 3.83. The van der Waals surface area contributed by atoms with Gasteiger partial charge in [0.05, 0.1) is 0 Å². The van der Waals surface area contributed by atoms with Gasteiger partial charge in [-0.1, -0.05) is 19.8 Å². The first-order chi connectivity index (χ1) is 7.50. The van der Waals surface area contributed by atoms with Gasteiger partial charge in [-0.3, -0.25) is 9.59 Å². The molecule has 0 aromatic rings. The molecule has 2 atom stereocenters. The van der Waals surface area contributed by atoms with E-state index in [9.17, 15) is 9.59 Å². The molecule has 0 aromatic heterocycles. The zero-order chi connectivity index (χ0) is 12.1. The molecular formula is C12H22N2O2. The largest absolute Gasteiger partial charge is 0.346 e. The van der Waals surface area contributed by atoms with E-state index in [-0.39, 0.29) is 12.1 Å². The molecule has 0 heterocycles. The third-order valence-corrected chi connectivity index (χ3v) is 3.05. The van der Waals surface area contributed by atoms with Crippen LogP contribution >= 0.6 is 0 Å². The molecule has 2 N–H and O–H groups in total. The van der Waals surface area contributed by atoms with E-state index in [4.69, 9.17) is 0 Å². The van der Waals surface area contributed by atoms with Crippen molar-refractivity contribution in [2.24, 2.45) is 5.92 Å². The quantitative estimate of drug-likeness (QED) is 0.695. The molecule has 4 heteroatoms. The number of carbonyl (C=O) groups excluding carboxylic acids is 2. The van der Waals surface area contributed by atoms with E-state index in [1.807, 2.05) is 13.8 Å². The minimum Gasteiger partial charge on any atom is -0.346 e. The molecule has 16 heavy (non-hydrogen) atoms. The molecule has 92 valence electrons. The predicted octanol–water partition coefficient (Wildman–Crippen LogP) is 1.21. The highest BCUT2D eigenvalue weighted by Gasteiger charge is 2.25. The summed E-state index contributed by atoms with van der Waals surface area (Å²) in [5, 5.41) is 5.42. The molecule has 0 saturated heterocycles. The van der Waals surface area contributed by atoms with Crippen LogP contribution in [0, 0.1) is 5.92 Å². The lowest BCUT2D eigenvalue weighted by atomic mass is 9.86. The Labute approximate surface area is 97.2 Å². The minimum absolute atomic E-state index is 0.00188. The van der Waals surface area contributed by atoms with E-state index in [0.29, 0.717) is 5.92 Å². The Balaban J connectivity index is 2.40. The van der Waals surface area contributed by atoms with Crippen molar-refractivity contribution in [1.82, 2.24) is 10.6 Å². The van der Waals surface area contributed by atoms with Crippen LogP contribution in [0.2, 0.25) is 0 Å². The maximum absolute atomic E-state index is 11.6. The predicted molar refractivity (Wildman–Crippen MR) is 62.8 cm³/mol. The van der Waals surface area contributed by atoms with Crippen LogP contribution in [0.1, 0.15) is 46.5 Å². The lowest BCUT2D eigenvalue weighted by Gasteiger charge is -2.29. The van der Waals surface area contributed by atoms with Gasteiger partial charge in [0.25, 0.3) is 0 Å². The van der Waals surface area contributed by atoms with Gasteiger partial charge in [-0.05, 0) is 32.6 Å². The van der Waals surface area contributed by atoms with Gasteiger partial charge in [-0.15, -0.1) is 0 Å². The Hall–Kier alpha value is -1.06. The lowest BCUT2D eigenvalue weighted by Crippen LogP contribution is -2.49. The monoisotopic (exact) mass is 226 g/mol. The van der Waals surface area contributed by atoms with Gasteiger partial charge in [-0.25, -0.2) is 0 Å². The maximum atomic E-state index is 11.6. The molecule has 1 fully saturated rings. The summed E-state index contributed by atoms with van der Waals surface area (Å²) in [4.78, 5) is 23.0. The summed E-state index contributed by atoms with van der Waals surface area (Å²) in [7, 11) is 0. The summed E-state index contributed by atoms with van der Waals surface area (Å²) in [5.41, 5.74) is 0. The van der Waals surface area contributed by atoms with Crippen LogP contribution in [0.5, 0.6) is 0 Å². The Kier molecular flexibility index (Phi) is 4.77. The highest BCUT2D eigenvalue weighted by atomic mass is 16.2. The molecule has 0 radical (unpaired) electrons. The summed E-state index contributed by atoms with van der Waals surface area (Å²) in [6.07, 6.45) is 4.49. The van der Waals surface area contributed by atoms with Gasteiger partial charge in [0.2, 0.25) is 0 Å². The highest BCUT2D eigenvalue weighted by molar-refractivity contribution is 6.35. The molecule has 2 amide bonds. The second-order valence-corrected chi connectivity index (χ2v) is 4.97. The van der Waals surface area contributed by atoms with Crippen molar-refractivity contribution in [3.63, 3.8) is 0 Å². The highest BCUT2D eigenvalue weighted by Crippen LogP contribution is 2.23. The zero-order valence-electron chi connectivity index (χ0n) is 10.4. The average molecular weight is 226 g/mol. The molecule has 0 spiro atoms. The number of rotatable bonds is 2. The van der Waals surface area contributed by atoms with Crippen LogP contribution in [0.4, 0.5) is 0 Å². The van der Waals surface area contributed by atoms with Gasteiger partial charge < -0.3 is 10.6 Å². The zero-order valence-corrected chi connectivity index (χ0v) is 10.4. The first-order valence-electron chi connectivity index (χ1n) is 6.12. The van der Waals surface area contributed by atoms with E-state index in [2.05, 4.69) is 17.6 Å². The van der Waals surface area contributed by atoms with Crippen molar-refractivity contribution in [2.75, 3.05) is 0 Å². The molecule has 1 aliphatic carbocycles. The summed E-state index contributed by atoms with van der Waals surface area (Å²) < 4.78 is 0. The summed E-state index contributed by atoms with van der Waals surface area (Å²) in [6.45, 7) is 5.81. The topological polar surface area (TPSA) is 58.2 Å². The first-order valence-corrected chi connectivity index (χ1v) is 6.12. The van der Waals surface area contributed by atoms with Gasteiger partial charge in [0, 0.05) is 12.1 Å². The fourth-order valence-electron chi connectivity index (χ4n) is 2.09. The number of hydrogen-bond donors (Lipinski definition) is 2. The van der Waals surface area contributed by atoms with Crippen molar-refractivity contribution < 1.29 is 9.59 Å². The van der Waals surface area contributed by atoms with Crippen molar-refractivity contribution >= 4 is 11.8 Å². The second-order valence-electron chi connectivity index (χ2n) is 4.97. The molecule has 0 aromatic carbocycles. The van der Waals surface area contributed by atoms with Gasteiger partial charge in [0.1, 0.15) is 0 Å². The Morgan fingerprint density at radius 3 is 2.31 bits per heavy atom. The standard InChI is InChI=1S/C12H22N2O2/c1-8(2)13-11(15)12(16)14-10-7-5-4-6-9(10)3/h8-10H,4-7H2,1-3H3,(H,13,15)(H,14,16)/t9-,10+/m1/s1. The van der Waals surface area contributed by atoms with E-state index < -0.39 is 11.8 Å². The third-order valence-electron chi connectivity index (χ3n) is 3.05. The summed E-state index contributed by atoms with van der Waals surface area (Å²) >= 11 is 0. The van der Waals surface area contributed by atoms with Crippen LogP contribution in [0.25, 0.3) is 0 Å². The molecule has 1 saturated carbocycles. The SMILES string of the molecule is CC(C)NC(=O)C(=O)N[C@H]1CCCC[C@H]1C. The van der Waals surface area contributed by atoms with Gasteiger partial charge in [0.15, 0.2) is 0 Å². The molecule has 0 unspecified atom stereocenters. The van der Waals surface area contributed by atoms with E-state index >= 15 is 0 Å². The van der Waals surface area contributed by atoms with E-state index in [0.717, 1.165) is 19.3 Å². The van der Waals surface area contributed by atoms with E-state index in [1.165, 1.54) is 6.42 Å². The second kappa shape index (κ2) is 5.87. The van der Waals surface area contributed by atoms with Crippen LogP contribution in [-0.4, -0.2) is 23.9 Å². The summed E-state index contributed by atoms with van der Waals surface area (Å²) in [6, 6.07) is 0.168. The summed E-state index contributed by atoms with van der Waals surface area (Å²) in [5.74, 6) is -0.537. The Morgan fingerprint density at radius 2 is 1.75 bits per heavy atom. The van der Waals surface area contributed by atoms with Crippen molar-refractivity contribution in [3.05, 3.63) is 0 Å². The first kappa shape index (κ1) is 13.0. The van der Waals surface area contributed by atoms with Crippen LogP contribution in [0.15, 0.2) is 0 Å². The normalized spacial score (nSPS) is 25.2. The number of amides is 2. The minimum atomic E-state index is -0.521. The van der Waals surface area contributed by atoms with Crippen molar-refractivity contribution in [3.8, 4) is 0 Å². The number of nitrogens with one attached hydrogen (secondary N) is 2. The van der Waals surface area contributed by atoms with Crippen LogP contribution in [-0.2, 0) is 9.59 Å². The van der Waals surface area contributed by atoms with E-state index in [1.54, 1.807) is 0 Å². The molecule has 1 aliphatic rings. The fourth-order valence-corrected chi connectivity index (χ4v) is 2.09. The van der Waals surface area contributed by atoms with Gasteiger partial charge in [-0.2, -0.15) is 0 Å². The van der Waals surface area contributed by atoms with Crippen LogP contribution in [0.3, 0.4) is 0 Å². The Bertz CT molecular complexity index is 264. The number of carbonyl (C=O) groups is 2. The van der Waals surface area contributed by atoms with Gasteiger partial charge >= 0.3 is 11.8 Å². The number of hydrogen-bond acceptors (Lipinski definition) is 2. The smallest absolute Gasteiger partial charge is 0.309 e. The van der Waals surface area contributed by atoms with Crippen molar-refractivity contribution in [1.29, 1.82) is 0 Å².